The first-order valence-corrected chi connectivity index (χ1v) is 6.65. The van der Waals surface area contributed by atoms with Gasteiger partial charge in [-0.3, -0.25) is 0 Å². The number of hydrogen-bond donors (Lipinski definition) is 0. The van der Waals surface area contributed by atoms with Gasteiger partial charge in [0.25, 0.3) is 9.76 Å². The van der Waals surface area contributed by atoms with Gasteiger partial charge in [-0.2, -0.15) is 0 Å². The Morgan fingerprint density at radius 1 is 0.941 bits per heavy atom. The maximum atomic E-state index is 5.74. The Morgan fingerprint density at radius 2 is 1.59 bits per heavy atom. The van der Waals surface area contributed by atoms with Crippen LogP contribution in [0.4, 0.5) is 0 Å². The van der Waals surface area contributed by atoms with Gasteiger partial charge in [0.2, 0.25) is 0 Å². The number of benzene rings is 2. The average molecular weight is 240 g/mol. The Morgan fingerprint density at radius 3 is 2.24 bits per heavy atom. The van der Waals surface area contributed by atoms with E-state index in [9.17, 15) is 0 Å². The van der Waals surface area contributed by atoms with Crippen LogP contribution in [0.25, 0.3) is 0 Å². The topological polar surface area (TPSA) is 9.23 Å². The molecule has 0 aliphatic heterocycles. The molecule has 0 amide bonds. The van der Waals surface area contributed by atoms with Crippen LogP contribution in [0.1, 0.15) is 16.7 Å². The van der Waals surface area contributed by atoms with Crippen LogP contribution in [0.2, 0.25) is 0 Å². The Labute approximate surface area is 105 Å². The molecule has 0 heterocycles. The molecule has 2 radical (unpaired) electrons. The van der Waals surface area contributed by atoms with E-state index in [4.69, 9.17) is 4.43 Å². The van der Waals surface area contributed by atoms with Gasteiger partial charge >= 0.3 is 0 Å². The van der Waals surface area contributed by atoms with E-state index < -0.39 is 0 Å². The van der Waals surface area contributed by atoms with E-state index in [1.807, 2.05) is 18.2 Å². The van der Waals surface area contributed by atoms with E-state index in [2.05, 4.69) is 44.2 Å². The molecule has 2 heteroatoms. The summed E-state index contributed by atoms with van der Waals surface area (Å²) in [6, 6.07) is 16.9. The third kappa shape index (κ3) is 3.84. The van der Waals surface area contributed by atoms with Crippen molar-refractivity contribution in [2.45, 2.75) is 20.5 Å². The lowest BCUT2D eigenvalue weighted by atomic mass is 10.2. The molecule has 0 saturated heterocycles. The summed E-state index contributed by atoms with van der Waals surface area (Å²) in [4.78, 5) is 0. The fourth-order valence-corrected chi connectivity index (χ4v) is 2.79. The molecule has 0 fully saturated rings. The van der Waals surface area contributed by atoms with Crippen molar-refractivity contribution in [1.82, 2.24) is 0 Å². The predicted molar refractivity (Wildman–Crippen MR) is 72.5 cm³/mol. The van der Waals surface area contributed by atoms with Gasteiger partial charge in [-0.15, -0.1) is 0 Å². The average Bonchev–Trinajstić information content (AvgIpc) is 2.29. The Kier molecular flexibility index (Phi) is 4.12. The largest absolute Gasteiger partial charge is 0.407 e. The van der Waals surface area contributed by atoms with E-state index in [-0.39, 0.29) is 0 Å². The molecule has 0 saturated carbocycles. The summed E-state index contributed by atoms with van der Waals surface area (Å²) < 4.78 is 5.74. The van der Waals surface area contributed by atoms with Crippen LogP contribution in [0.15, 0.2) is 48.5 Å². The Hall–Kier alpha value is -1.38. The van der Waals surface area contributed by atoms with E-state index >= 15 is 0 Å². The highest BCUT2D eigenvalue weighted by atomic mass is 28.2. The second kappa shape index (κ2) is 5.80. The first kappa shape index (κ1) is 12.1. The molecule has 2 rings (SSSR count). The van der Waals surface area contributed by atoms with Crippen molar-refractivity contribution in [2.24, 2.45) is 0 Å². The van der Waals surface area contributed by atoms with Crippen LogP contribution in [0, 0.1) is 13.8 Å². The molecular formula is C15H16OSi. The van der Waals surface area contributed by atoms with Gasteiger partial charge in [-0.1, -0.05) is 59.7 Å². The molecule has 0 bridgehead atoms. The molecule has 0 aliphatic rings. The van der Waals surface area contributed by atoms with Gasteiger partial charge in [-0.25, -0.2) is 0 Å². The van der Waals surface area contributed by atoms with Crippen LogP contribution in [0.3, 0.4) is 0 Å². The van der Waals surface area contributed by atoms with Gasteiger partial charge in [-0.05, 0) is 24.6 Å². The molecule has 0 spiro atoms. The molecule has 17 heavy (non-hydrogen) atoms. The molecule has 0 atom stereocenters. The number of hydrogen-bond acceptors (Lipinski definition) is 1. The normalized spacial score (nSPS) is 10.5. The lowest BCUT2D eigenvalue weighted by molar-refractivity contribution is 0.330. The van der Waals surface area contributed by atoms with Crippen molar-refractivity contribution in [3.05, 3.63) is 65.2 Å². The SMILES string of the molecule is Cc1cc(C)cc([Si]OCc2ccccc2)c1. The smallest absolute Gasteiger partial charge is 0.269 e. The summed E-state index contributed by atoms with van der Waals surface area (Å²) in [6.45, 7) is 4.93. The van der Waals surface area contributed by atoms with Crippen molar-refractivity contribution in [3.8, 4) is 0 Å². The summed E-state index contributed by atoms with van der Waals surface area (Å²) in [5, 5.41) is 1.28. The molecule has 2 aromatic rings. The molecule has 2 aromatic carbocycles. The molecular weight excluding hydrogens is 224 g/mol. The highest BCUT2D eigenvalue weighted by Gasteiger charge is 1.99. The lowest BCUT2D eigenvalue weighted by Gasteiger charge is -2.05. The second-order valence-corrected chi connectivity index (χ2v) is 5.32. The van der Waals surface area contributed by atoms with Gasteiger partial charge in [0.05, 0.1) is 6.61 Å². The highest BCUT2D eigenvalue weighted by Crippen LogP contribution is 2.02. The van der Waals surface area contributed by atoms with Crippen LogP contribution in [-0.2, 0) is 11.0 Å². The first-order chi connectivity index (χ1) is 8.24. The van der Waals surface area contributed by atoms with Gasteiger partial charge in [0.15, 0.2) is 0 Å². The fourth-order valence-electron chi connectivity index (χ4n) is 1.81. The van der Waals surface area contributed by atoms with Gasteiger partial charge < -0.3 is 4.43 Å². The third-order valence-electron chi connectivity index (χ3n) is 2.49. The predicted octanol–water partition coefficient (Wildman–Crippen LogP) is 2.76. The van der Waals surface area contributed by atoms with Crippen molar-refractivity contribution in [1.29, 1.82) is 0 Å². The van der Waals surface area contributed by atoms with Gasteiger partial charge in [0.1, 0.15) is 0 Å². The van der Waals surface area contributed by atoms with E-state index in [0.717, 1.165) is 0 Å². The minimum absolute atomic E-state index is 0.423. The Balaban J connectivity index is 1.90. The molecule has 86 valence electrons. The summed E-state index contributed by atoms with van der Waals surface area (Å²) in [6.07, 6.45) is 0. The quantitative estimate of drug-likeness (QED) is 0.747. The van der Waals surface area contributed by atoms with Crippen LogP contribution < -0.4 is 5.19 Å². The minimum Gasteiger partial charge on any atom is -0.407 e. The van der Waals surface area contributed by atoms with Crippen LogP contribution in [0.5, 0.6) is 0 Å². The minimum atomic E-state index is 0.423. The zero-order valence-corrected chi connectivity index (χ0v) is 11.2. The lowest BCUT2D eigenvalue weighted by Crippen LogP contribution is -2.18. The van der Waals surface area contributed by atoms with Crippen molar-refractivity contribution in [2.75, 3.05) is 0 Å². The van der Waals surface area contributed by atoms with Gasteiger partial charge in [0, 0.05) is 0 Å². The monoisotopic (exact) mass is 240 g/mol. The van der Waals surface area contributed by atoms with E-state index in [0.29, 0.717) is 16.4 Å². The van der Waals surface area contributed by atoms with Crippen LogP contribution >= 0.6 is 0 Å². The standard InChI is InChI=1S/C15H16OSi/c1-12-8-13(2)10-15(9-12)17-16-11-14-6-4-3-5-7-14/h3-10H,11H2,1-2H3. The summed E-state index contributed by atoms with van der Waals surface area (Å²) >= 11 is 0. The maximum Gasteiger partial charge on any atom is 0.269 e. The summed E-state index contributed by atoms with van der Waals surface area (Å²) in [7, 11) is 0.423. The number of rotatable bonds is 4. The first-order valence-electron chi connectivity index (χ1n) is 5.74. The van der Waals surface area contributed by atoms with Crippen LogP contribution in [-0.4, -0.2) is 9.76 Å². The zero-order valence-electron chi connectivity index (χ0n) is 10.2. The molecule has 0 aromatic heterocycles. The second-order valence-electron chi connectivity index (χ2n) is 4.25. The molecule has 1 nitrogen and oxygen atoms in total. The Bertz CT molecular complexity index is 459. The molecule has 0 N–H and O–H groups in total. The van der Waals surface area contributed by atoms with E-state index in [1.54, 1.807) is 0 Å². The summed E-state index contributed by atoms with van der Waals surface area (Å²) in [5.41, 5.74) is 3.83. The number of aryl methyl sites for hydroxylation is 2. The summed E-state index contributed by atoms with van der Waals surface area (Å²) in [5.74, 6) is 0. The highest BCUT2D eigenvalue weighted by molar-refractivity contribution is 6.46. The fraction of sp³-hybridized carbons (Fsp3) is 0.200. The maximum absolute atomic E-state index is 5.74. The molecule has 0 aliphatic carbocycles. The third-order valence-corrected chi connectivity index (χ3v) is 3.31. The van der Waals surface area contributed by atoms with Crippen molar-refractivity contribution >= 4 is 14.9 Å². The van der Waals surface area contributed by atoms with E-state index in [1.165, 1.54) is 21.9 Å². The van der Waals surface area contributed by atoms with Crippen molar-refractivity contribution < 1.29 is 4.43 Å². The zero-order chi connectivity index (χ0) is 12.1. The van der Waals surface area contributed by atoms with Crippen molar-refractivity contribution in [3.63, 3.8) is 0 Å². The molecule has 0 unspecified atom stereocenters.